The lowest BCUT2D eigenvalue weighted by Crippen LogP contribution is -2.52. The number of imide groups is 1. The molecule has 2 fully saturated rings. The van der Waals surface area contributed by atoms with Crippen molar-refractivity contribution >= 4 is 50.4 Å². The number of hydrogen-bond donors (Lipinski definition) is 2. The second-order valence-electron chi connectivity index (χ2n) is 16.3. The standard InChI is InChI=1S/C46H56BrFN6O5/c1-29(32-13-12-14-33(47)23-32)49-44-37-26-41(58-3)42(27-39(37)50-30(2)51-44)59-22-11-9-7-5-4-6-8-10-19-53-20-17-31(18-21-53)35-24-34(48)25-36-38(35)28-54(46(36)57)40-15-16-43(55)52-45(40)56/h12-14,23-27,29,31,40H,4-11,15-22,28H2,1-3H3,(H,49,50,51)(H,52,55,56). The number of rotatable bonds is 18. The second-order valence-corrected chi connectivity index (χ2v) is 17.2. The molecule has 1 aromatic heterocycles. The number of likely N-dealkylation sites (tertiary alicyclic amines) is 1. The maximum Gasteiger partial charge on any atom is 0.255 e. The van der Waals surface area contributed by atoms with Gasteiger partial charge in [0.25, 0.3) is 5.91 Å². The van der Waals surface area contributed by atoms with Crippen LogP contribution < -0.4 is 20.1 Å². The molecule has 2 atom stereocenters. The van der Waals surface area contributed by atoms with Gasteiger partial charge >= 0.3 is 0 Å². The van der Waals surface area contributed by atoms with Gasteiger partial charge in [0, 0.05) is 34.5 Å². The molecule has 3 amide bonds. The van der Waals surface area contributed by atoms with Gasteiger partial charge in [0.1, 0.15) is 23.5 Å². The van der Waals surface area contributed by atoms with Gasteiger partial charge in [-0.25, -0.2) is 14.4 Å². The topological polar surface area (TPSA) is 126 Å². The van der Waals surface area contributed by atoms with Crippen LogP contribution in [0.4, 0.5) is 10.2 Å². The molecular weight excluding hydrogens is 815 g/mol. The van der Waals surface area contributed by atoms with Gasteiger partial charge in [0.15, 0.2) is 11.5 Å². The number of aromatic nitrogens is 2. The second kappa shape index (κ2) is 19.6. The van der Waals surface area contributed by atoms with Crippen molar-refractivity contribution in [2.75, 3.05) is 38.7 Å². The lowest BCUT2D eigenvalue weighted by atomic mass is 9.85. The zero-order valence-electron chi connectivity index (χ0n) is 34.5. The van der Waals surface area contributed by atoms with Gasteiger partial charge in [0.05, 0.1) is 25.3 Å². The van der Waals surface area contributed by atoms with E-state index in [1.54, 1.807) is 13.2 Å². The van der Waals surface area contributed by atoms with Crippen LogP contribution in [0, 0.1) is 12.7 Å². The van der Waals surface area contributed by atoms with Gasteiger partial charge in [-0.15, -0.1) is 0 Å². The molecule has 0 spiro atoms. The van der Waals surface area contributed by atoms with Crippen LogP contribution in [0.1, 0.15) is 129 Å². The van der Waals surface area contributed by atoms with E-state index in [1.807, 2.05) is 31.2 Å². The number of carbonyl (C=O) groups excluding carboxylic acids is 3. The molecule has 0 bridgehead atoms. The van der Waals surface area contributed by atoms with Gasteiger partial charge in [-0.05, 0) is 119 Å². The number of unbranched alkanes of at least 4 members (excludes halogenated alkanes) is 7. The average Bonchev–Trinajstić information content (AvgIpc) is 3.54. The summed E-state index contributed by atoms with van der Waals surface area (Å²) in [6.45, 7) is 7.89. The highest BCUT2D eigenvalue weighted by atomic mass is 79.9. The Kier molecular flexibility index (Phi) is 14.1. The monoisotopic (exact) mass is 870 g/mol. The highest BCUT2D eigenvalue weighted by Crippen LogP contribution is 2.39. The van der Waals surface area contributed by atoms with Crippen LogP contribution in [0.3, 0.4) is 0 Å². The van der Waals surface area contributed by atoms with Crippen LogP contribution in [0.15, 0.2) is 53.0 Å². The van der Waals surface area contributed by atoms with Crippen LogP contribution in [0.5, 0.6) is 11.5 Å². The predicted octanol–water partition coefficient (Wildman–Crippen LogP) is 9.16. The fraction of sp³-hybridized carbons (Fsp3) is 0.500. The van der Waals surface area contributed by atoms with Gasteiger partial charge in [-0.1, -0.05) is 66.6 Å². The predicted molar refractivity (Wildman–Crippen MR) is 230 cm³/mol. The average molecular weight is 872 g/mol. The van der Waals surface area contributed by atoms with Gasteiger partial charge in [0.2, 0.25) is 11.8 Å². The highest BCUT2D eigenvalue weighted by Gasteiger charge is 2.41. The van der Waals surface area contributed by atoms with Gasteiger partial charge in [-0.3, -0.25) is 19.7 Å². The maximum absolute atomic E-state index is 14.8. The maximum atomic E-state index is 14.8. The number of benzene rings is 3. The summed E-state index contributed by atoms with van der Waals surface area (Å²) in [4.78, 5) is 50.9. The first-order valence-corrected chi connectivity index (χ1v) is 22.1. The van der Waals surface area contributed by atoms with Crippen molar-refractivity contribution in [2.45, 2.75) is 115 Å². The van der Waals surface area contributed by atoms with Crippen molar-refractivity contribution in [3.63, 3.8) is 0 Å². The number of ether oxygens (including phenoxy) is 2. The molecule has 2 unspecified atom stereocenters. The van der Waals surface area contributed by atoms with E-state index in [-0.39, 0.29) is 36.7 Å². The summed E-state index contributed by atoms with van der Waals surface area (Å²) in [5, 5.41) is 6.80. The van der Waals surface area contributed by atoms with E-state index < -0.39 is 17.8 Å². The minimum atomic E-state index is -0.699. The van der Waals surface area contributed by atoms with Crippen molar-refractivity contribution in [2.24, 2.45) is 0 Å². The SMILES string of the molecule is COc1cc2c(NC(C)c3cccc(Br)c3)nc(C)nc2cc1OCCCCCCCCCCN1CCC(c2cc(F)cc3c2CN(C2CCC(=O)NC2=O)C3=O)CC1. The Bertz CT molecular complexity index is 2160. The van der Waals surface area contributed by atoms with E-state index in [9.17, 15) is 18.8 Å². The summed E-state index contributed by atoms with van der Waals surface area (Å²) < 4.78 is 27.8. The molecule has 4 aromatic rings. The molecule has 59 heavy (non-hydrogen) atoms. The Labute approximate surface area is 355 Å². The van der Waals surface area contributed by atoms with Crippen LogP contribution >= 0.6 is 15.9 Å². The van der Waals surface area contributed by atoms with E-state index in [1.165, 1.54) is 49.5 Å². The fourth-order valence-electron chi connectivity index (χ4n) is 8.86. The van der Waals surface area contributed by atoms with Crippen LogP contribution in [-0.4, -0.2) is 76.9 Å². The summed E-state index contributed by atoms with van der Waals surface area (Å²) in [5.41, 5.74) is 4.07. The molecule has 2 N–H and O–H groups in total. The molecule has 2 saturated heterocycles. The molecule has 3 aliphatic rings. The van der Waals surface area contributed by atoms with Crippen LogP contribution in [0.25, 0.3) is 10.9 Å². The number of fused-ring (bicyclic) bond motifs is 2. The van der Waals surface area contributed by atoms with E-state index in [0.29, 0.717) is 35.9 Å². The molecule has 3 aromatic carbocycles. The van der Waals surface area contributed by atoms with E-state index >= 15 is 0 Å². The Morgan fingerprint density at radius 3 is 2.41 bits per heavy atom. The highest BCUT2D eigenvalue weighted by molar-refractivity contribution is 9.10. The van der Waals surface area contributed by atoms with E-state index in [4.69, 9.17) is 19.4 Å². The molecule has 0 saturated carbocycles. The number of amides is 3. The third-order valence-electron chi connectivity index (χ3n) is 12.1. The first-order valence-electron chi connectivity index (χ1n) is 21.3. The number of nitrogens with one attached hydrogen (secondary N) is 2. The Morgan fingerprint density at radius 1 is 0.932 bits per heavy atom. The first kappa shape index (κ1) is 42.5. The quantitative estimate of drug-likeness (QED) is 0.0744. The Morgan fingerprint density at radius 2 is 1.68 bits per heavy atom. The lowest BCUT2D eigenvalue weighted by Gasteiger charge is -2.33. The molecular formula is C46H56BrFN6O5. The smallest absolute Gasteiger partial charge is 0.255 e. The molecule has 7 rings (SSSR count). The van der Waals surface area contributed by atoms with E-state index in [0.717, 1.165) is 83.2 Å². The summed E-state index contributed by atoms with van der Waals surface area (Å²) >= 11 is 3.57. The molecule has 0 radical (unpaired) electrons. The number of halogens is 2. The third-order valence-corrected chi connectivity index (χ3v) is 12.6. The Balaban J connectivity index is 0.780. The summed E-state index contributed by atoms with van der Waals surface area (Å²) in [5.74, 6) is 1.49. The van der Waals surface area contributed by atoms with Gasteiger partial charge < -0.3 is 24.6 Å². The molecule has 11 nitrogen and oxygen atoms in total. The van der Waals surface area contributed by atoms with E-state index in [2.05, 4.69) is 50.5 Å². The number of methoxy groups -OCH3 is 1. The molecule has 4 heterocycles. The normalized spacial score (nSPS) is 17.9. The van der Waals surface area contributed by atoms with Crippen molar-refractivity contribution < 1.29 is 28.2 Å². The fourth-order valence-corrected chi connectivity index (χ4v) is 9.28. The zero-order valence-corrected chi connectivity index (χ0v) is 36.0. The minimum Gasteiger partial charge on any atom is -0.493 e. The third kappa shape index (κ3) is 10.4. The van der Waals surface area contributed by atoms with Crippen molar-refractivity contribution in [1.29, 1.82) is 0 Å². The van der Waals surface area contributed by atoms with Crippen LogP contribution in [-0.2, 0) is 16.1 Å². The summed E-state index contributed by atoms with van der Waals surface area (Å²) in [6, 6.07) is 14.4. The van der Waals surface area contributed by atoms with Crippen molar-refractivity contribution in [3.05, 3.63) is 86.9 Å². The number of hydrogen-bond acceptors (Lipinski definition) is 9. The minimum absolute atomic E-state index is 0.0414. The number of anilines is 1. The zero-order chi connectivity index (χ0) is 41.5. The number of aryl methyl sites for hydroxylation is 1. The van der Waals surface area contributed by atoms with Crippen molar-refractivity contribution in [1.82, 2.24) is 25.1 Å². The van der Waals surface area contributed by atoms with Crippen LogP contribution in [0.2, 0.25) is 0 Å². The summed E-state index contributed by atoms with van der Waals surface area (Å²) in [7, 11) is 1.66. The molecule has 3 aliphatic heterocycles. The summed E-state index contributed by atoms with van der Waals surface area (Å²) in [6.07, 6.45) is 11.7. The van der Waals surface area contributed by atoms with Gasteiger partial charge in [-0.2, -0.15) is 0 Å². The lowest BCUT2D eigenvalue weighted by molar-refractivity contribution is -0.136. The molecule has 314 valence electrons. The number of nitrogens with zero attached hydrogens (tertiary/aromatic N) is 4. The largest absolute Gasteiger partial charge is 0.493 e. The number of piperidine rings is 2. The van der Waals surface area contributed by atoms with Crippen molar-refractivity contribution in [3.8, 4) is 11.5 Å². The number of carbonyl (C=O) groups is 3. The first-order chi connectivity index (χ1) is 28.6. The molecule has 13 heteroatoms. The Hall–Kier alpha value is -4.62. The molecule has 0 aliphatic carbocycles.